The molecule has 0 saturated heterocycles. The number of methoxy groups -OCH3 is 1. The second-order valence-electron chi connectivity index (χ2n) is 4.99. The van der Waals surface area contributed by atoms with Crippen molar-refractivity contribution in [2.45, 2.75) is 19.8 Å². The fourth-order valence-electron chi connectivity index (χ4n) is 2.67. The maximum atomic E-state index is 12.1. The van der Waals surface area contributed by atoms with Crippen LogP contribution in [0.2, 0.25) is 0 Å². The molecule has 0 amide bonds. The molecular formula is C14H14O5. The van der Waals surface area contributed by atoms with Gasteiger partial charge in [-0.3, -0.25) is 4.79 Å². The summed E-state index contributed by atoms with van der Waals surface area (Å²) < 4.78 is 10.7. The van der Waals surface area contributed by atoms with Crippen LogP contribution >= 0.6 is 0 Å². The summed E-state index contributed by atoms with van der Waals surface area (Å²) in [6, 6.07) is 1.35. The molecule has 2 N–H and O–H groups in total. The Bertz CT molecular complexity index is 683. The lowest BCUT2D eigenvalue weighted by atomic mass is 9.87. The normalized spacial score (nSPS) is 18.6. The number of ketones is 1. The third-order valence-corrected chi connectivity index (χ3v) is 3.51. The van der Waals surface area contributed by atoms with E-state index in [1.807, 2.05) is 6.92 Å². The van der Waals surface area contributed by atoms with Gasteiger partial charge in [-0.2, -0.15) is 0 Å². The fraction of sp³-hybridized carbons (Fsp3) is 0.357. The van der Waals surface area contributed by atoms with Crippen LogP contribution in [0.1, 0.15) is 29.5 Å². The summed E-state index contributed by atoms with van der Waals surface area (Å²) >= 11 is 0. The van der Waals surface area contributed by atoms with E-state index in [4.69, 9.17) is 9.15 Å². The number of benzene rings is 1. The molecule has 100 valence electrons. The first-order valence-electron chi connectivity index (χ1n) is 6.10. The highest BCUT2D eigenvalue weighted by Crippen LogP contribution is 2.46. The van der Waals surface area contributed by atoms with Gasteiger partial charge in [-0.15, -0.1) is 0 Å². The number of phenolic OH excluding ortho intramolecular Hbond substituents is 2. The van der Waals surface area contributed by atoms with E-state index in [1.165, 1.54) is 13.2 Å². The Kier molecular flexibility index (Phi) is 2.45. The van der Waals surface area contributed by atoms with Crippen LogP contribution in [0.15, 0.2) is 10.5 Å². The molecule has 0 spiro atoms. The highest BCUT2D eigenvalue weighted by atomic mass is 16.5. The summed E-state index contributed by atoms with van der Waals surface area (Å²) in [4.78, 5) is 12.1. The third kappa shape index (κ3) is 1.58. The molecule has 0 radical (unpaired) electrons. The van der Waals surface area contributed by atoms with Crippen molar-refractivity contribution >= 4 is 16.8 Å². The number of carbonyl (C=O) groups excluding carboxylic acids is 1. The minimum atomic E-state index is -0.374. The minimum Gasteiger partial charge on any atom is -0.504 e. The average molecular weight is 262 g/mol. The van der Waals surface area contributed by atoms with E-state index in [-0.39, 0.29) is 28.9 Å². The Morgan fingerprint density at radius 3 is 2.79 bits per heavy atom. The Morgan fingerprint density at radius 1 is 1.37 bits per heavy atom. The van der Waals surface area contributed by atoms with Crippen molar-refractivity contribution in [1.29, 1.82) is 0 Å². The zero-order chi connectivity index (χ0) is 13.7. The molecular weight excluding hydrogens is 248 g/mol. The lowest BCUT2D eigenvalue weighted by Gasteiger charge is -2.15. The average Bonchev–Trinajstić information content (AvgIpc) is 2.68. The van der Waals surface area contributed by atoms with E-state index >= 15 is 0 Å². The predicted molar refractivity (Wildman–Crippen MR) is 67.9 cm³/mol. The van der Waals surface area contributed by atoms with Gasteiger partial charge in [0.15, 0.2) is 17.1 Å². The number of hydrogen-bond donors (Lipinski definition) is 2. The van der Waals surface area contributed by atoms with Gasteiger partial charge in [-0.05, 0) is 12.0 Å². The van der Waals surface area contributed by atoms with Crippen molar-refractivity contribution in [1.82, 2.24) is 0 Å². The summed E-state index contributed by atoms with van der Waals surface area (Å²) in [5, 5.41) is 20.0. The number of hydrogen-bond acceptors (Lipinski definition) is 5. The molecule has 1 aliphatic rings. The molecule has 1 atom stereocenters. The number of ether oxygens (including phenoxy) is 1. The molecule has 1 heterocycles. The van der Waals surface area contributed by atoms with Gasteiger partial charge in [0.25, 0.3) is 0 Å². The van der Waals surface area contributed by atoms with Crippen molar-refractivity contribution in [2.24, 2.45) is 5.92 Å². The largest absolute Gasteiger partial charge is 0.504 e. The summed E-state index contributed by atoms with van der Waals surface area (Å²) in [5.74, 6) is 0.196. The number of Topliss-reactive ketones (excluding diaryl/α,β-unsaturated/α-hetero) is 1. The molecule has 5 nitrogen and oxygen atoms in total. The van der Waals surface area contributed by atoms with Crippen molar-refractivity contribution in [3.63, 3.8) is 0 Å². The van der Waals surface area contributed by atoms with Crippen molar-refractivity contribution in [2.75, 3.05) is 7.11 Å². The Morgan fingerprint density at radius 2 is 2.11 bits per heavy atom. The maximum absolute atomic E-state index is 12.1. The van der Waals surface area contributed by atoms with Gasteiger partial charge in [-0.1, -0.05) is 6.92 Å². The number of aromatic hydroxyl groups is 2. The summed E-state index contributed by atoms with van der Waals surface area (Å²) in [5.41, 5.74) is 0.812. The molecule has 0 fully saturated rings. The van der Waals surface area contributed by atoms with Gasteiger partial charge in [0, 0.05) is 18.2 Å². The first kappa shape index (κ1) is 11.9. The lowest BCUT2D eigenvalue weighted by molar-refractivity contribution is 0.0950. The highest BCUT2D eigenvalue weighted by Gasteiger charge is 2.31. The minimum absolute atomic E-state index is 0.000331. The van der Waals surface area contributed by atoms with E-state index in [1.54, 1.807) is 0 Å². The monoisotopic (exact) mass is 262 g/mol. The van der Waals surface area contributed by atoms with Crippen LogP contribution in [0.4, 0.5) is 0 Å². The second-order valence-corrected chi connectivity index (χ2v) is 4.99. The van der Waals surface area contributed by atoms with E-state index < -0.39 is 0 Å². The lowest BCUT2D eigenvalue weighted by Crippen LogP contribution is -2.16. The fourth-order valence-corrected chi connectivity index (χ4v) is 2.67. The summed E-state index contributed by atoms with van der Waals surface area (Å²) in [7, 11) is 1.37. The molecule has 1 aliphatic carbocycles. The SMILES string of the molecule is COc1c(O)c(O)cc2c3c(oc12)CC(C)CC3=O. The van der Waals surface area contributed by atoms with Crippen LogP contribution in [-0.4, -0.2) is 23.1 Å². The number of furan rings is 1. The van der Waals surface area contributed by atoms with Crippen LogP contribution in [0.3, 0.4) is 0 Å². The van der Waals surface area contributed by atoms with Crippen molar-refractivity contribution in [3.05, 3.63) is 17.4 Å². The van der Waals surface area contributed by atoms with Crippen molar-refractivity contribution in [3.8, 4) is 17.2 Å². The molecule has 19 heavy (non-hydrogen) atoms. The van der Waals surface area contributed by atoms with Crippen LogP contribution in [0.5, 0.6) is 17.2 Å². The molecule has 0 saturated carbocycles. The highest BCUT2D eigenvalue weighted by molar-refractivity contribution is 6.11. The number of fused-ring (bicyclic) bond motifs is 3. The summed E-state index contributed by atoms with van der Waals surface area (Å²) in [6.07, 6.45) is 1.13. The van der Waals surface area contributed by atoms with Gasteiger partial charge in [0.1, 0.15) is 5.76 Å². The maximum Gasteiger partial charge on any atom is 0.208 e. The van der Waals surface area contributed by atoms with Gasteiger partial charge < -0.3 is 19.4 Å². The van der Waals surface area contributed by atoms with E-state index in [0.717, 1.165) is 0 Å². The van der Waals surface area contributed by atoms with Crippen LogP contribution < -0.4 is 4.74 Å². The molecule has 5 heteroatoms. The van der Waals surface area contributed by atoms with Crippen LogP contribution in [0.25, 0.3) is 11.0 Å². The first-order chi connectivity index (χ1) is 9.02. The third-order valence-electron chi connectivity index (χ3n) is 3.51. The van der Waals surface area contributed by atoms with Gasteiger partial charge >= 0.3 is 0 Å². The standard InChI is InChI=1S/C14H14O5/c1-6-3-8(15)11-7-5-9(16)12(17)14(18-2)13(7)19-10(11)4-6/h5-6,16-17H,3-4H2,1-2H3. The van der Waals surface area contributed by atoms with E-state index in [0.29, 0.717) is 35.1 Å². The number of phenols is 2. The number of rotatable bonds is 1. The Labute approximate surface area is 109 Å². The second kappa shape index (κ2) is 3.91. The summed E-state index contributed by atoms with van der Waals surface area (Å²) in [6.45, 7) is 1.99. The zero-order valence-corrected chi connectivity index (χ0v) is 10.7. The van der Waals surface area contributed by atoms with Crippen LogP contribution in [-0.2, 0) is 6.42 Å². The Hall–Kier alpha value is -2.17. The smallest absolute Gasteiger partial charge is 0.208 e. The number of carbonyl (C=O) groups is 1. The van der Waals surface area contributed by atoms with E-state index in [2.05, 4.69) is 0 Å². The van der Waals surface area contributed by atoms with Gasteiger partial charge in [0.05, 0.1) is 12.7 Å². The van der Waals surface area contributed by atoms with E-state index in [9.17, 15) is 15.0 Å². The zero-order valence-electron chi connectivity index (χ0n) is 10.7. The van der Waals surface area contributed by atoms with Crippen molar-refractivity contribution < 1.29 is 24.2 Å². The van der Waals surface area contributed by atoms with Crippen LogP contribution in [0, 0.1) is 5.92 Å². The Balaban J connectivity index is 2.38. The first-order valence-corrected chi connectivity index (χ1v) is 6.10. The predicted octanol–water partition coefficient (Wildman–Crippen LogP) is 2.62. The molecule has 1 unspecified atom stereocenters. The molecule has 0 aliphatic heterocycles. The molecule has 1 aromatic carbocycles. The quantitative estimate of drug-likeness (QED) is 0.772. The topological polar surface area (TPSA) is 79.9 Å². The van der Waals surface area contributed by atoms with Gasteiger partial charge in [-0.25, -0.2) is 0 Å². The molecule has 3 rings (SSSR count). The van der Waals surface area contributed by atoms with Gasteiger partial charge in [0.2, 0.25) is 11.5 Å². The molecule has 2 aromatic rings. The molecule has 0 bridgehead atoms. The molecule has 1 aromatic heterocycles.